The number of benzene rings is 1. The van der Waals surface area contributed by atoms with Crippen molar-refractivity contribution in [1.29, 1.82) is 0 Å². The van der Waals surface area contributed by atoms with Crippen molar-refractivity contribution in [2.45, 2.75) is 13.8 Å². The molecular weight excluding hydrogens is 216 g/mol. The van der Waals surface area contributed by atoms with Crippen LogP contribution in [0.3, 0.4) is 0 Å². The van der Waals surface area contributed by atoms with Gasteiger partial charge in [-0.25, -0.2) is 4.68 Å². The fraction of sp³-hybridized carbons (Fsp3) is 0.167. The normalized spacial score (nSPS) is 10.5. The molecule has 1 aromatic heterocycles. The first-order valence-electron chi connectivity index (χ1n) is 5.22. The maximum atomic E-state index is 11.1. The molecule has 0 fully saturated rings. The molecule has 0 radical (unpaired) electrons. The Hall–Kier alpha value is -2.30. The number of amides is 1. The predicted octanol–water partition coefficient (Wildman–Crippen LogP) is 1.17. The summed E-state index contributed by atoms with van der Waals surface area (Å²) in [4.78, 5) is 11.1. The third-order valence-electron chi connectivity index (χ3n) is 2.88. The van der Waals surface area contributed by atoms with E-state index in [1.54, 1.807) is 0 Å². The molecule has 2 aromatic rings. The number of nitrogens with two attached hydrogens (primary N) is 2. The van der Waals surface area contributed by atoms with Gasteiger partial charge in [-0.3, -0.25) is 4.79 Å². The minimum Gasteiger partial charge on any atom is -0.383 e. The van der Waals surface area contributed by atoms with E-state index in [1.807, 2.05) is 32.0 Å². The van der Waals surface area contributed by atoms with E-state index in [0.29, 0.717) is 0 Å². The molecule has 0 aliphatic rings. The highest BCUT2D eigenvalue weighted by Crippen LogP contribution is 2.21. The zero-order valence-electron chi connectivity index (χ0n) is 9.77. The number of hydrogen-bond acceptors (Lipinski definition) is 3. The van der Waals surface area contributed by atoms with Gasteiger partial charge in [-0.05, 0) is 31.0 Å². The summed E-state index contributed by atoms with van der Waals surface area (Å²) in [6.45, 7) is 3.99. The fourth-order valence-corrected chi connectivity index (χ4v) is 1.70. The highest BCUT2D eigenvalue weighted by atomic mass is 16.1. The lowest BCUT2D eigenvalue weighted by atomic mass is 10.1. The maximum Gasteiger partial charge on any atom is 0.254 e. The van der Waals surface area contributed by atoms with E-state index in [-0.39, 0.29) is 11.4 Å². The number of primary amides is 1. The van der Waals surface area contributed by atoms with Gasteiger partial charge < -0.3 is 11.5 Å². The fourth-order valence-electron chi connectivity index (χ4n) is 1.70. The largest absolute Gasteiger partial charge is 0.383 e. The van der Waals surface area contributed by atoms with Crippen LogP contribution in [0.2, 0.25) is 0 Å². The van der Waals surface area contributed by atoms with Crippen molar-refractivity contribution < 1.29 is 4.79 Å². The number of aromatic nitrogens is 2. The number of carbonyl (C=O) groups is 1. The quantitative estimate of drug-likeness (QED) is 0.811. The van der Waals surface area contributed by atoms with Gasteiger partial charge in [0.15, 0.2) is 0 Å². The monoisotopic (exact) mass is 230 g/mol. The van der Waals surface area contributed by atoms with E-state index in [9.17, 15) is 4.79 Å². The smallest absolute Gasteiger partial charge is 0.254 e. The summed E-state index contributed by atoms with van der Waals surface area (Å²) in [5.74, 6) is -0.301. The van der Waals surface area contributed by atoms with Gasteiger partial charge in [0, 0.05) is 0 Å². The Morgan fingerprint density at radius 1 is 1.35 bits per heavy atom. The Morgan fingerprint density at radius 2 is 2.06 bits per heavy atom. The molecule has 0 atom stereocenters. The second kappa shape index (κ2) is 3.93. The van der Waals surface area contributed by atoms with Crippen molar-refractivity contribution in [3.63, 3.8) is 0 Å². The lowest BCUT2D eigenvalue weighted by Crippen LogP contribution is -2.13. The van der Waals surface area contributed by atoms with E-state index in [0.717, 1.165) is 16.8 Å². The molecule has 4 N–H and O–H groups in total. The number of aryl methyl sites for hydroxylation is 1. The van der Waals surface area contributed by atoms with Crippen LogP contribution in [-0.4, -0.2) is 15.7 Å². The van der Waals surface area contributed by atoms with Crippen LogP contribution in [-0.2, 0) is 0 Å². The maximum absolute atomic E-state index is 11.1. The molecule has 2 rings (SSSR count). The average Bonchev–Trinajstić information content (AvgIpc) is 2.64. The summed E-state index contributed by atoms with van der Waals surface area (Å²) in [5.41, 5.74) is 14.4. The third-order valence-corrected chi connectivity index (χ3v) is 2.88. The Balaban J connectivity index is 2.62. The molecule has 1 heterocycles. The van der Waals surface area contributed by atoms with Crippen LogP contribution in [0.4, 0.5) is 5.82 Å². The Kier molecular flexibility index (Phi) is 2.59. The summed E-state index contributed by atoms with van der Waals surface area (Å²) in [6, 6.07) is 5.83. The molecule has 5 heteroatoms. The molecule has 0 aliphatic heterocycles. The topological polar surface area (TPSA) is 86.9 Å². The molecule has 5 nitrogen and oxygen atoms in total. The minimum atomic E-state index is -0.570. The highest BCUT2D eigenvalue weighted by molar-refractivity contribution is 5.97. The lowest BCUT2D eigenvalue weighted by Gasteiger charge is -2.10. The van der Waals surface area contributed by atoms with Gasteiger partial charge in [0.25, 0.3) is 5.91 Å². The van der Waals surface area contributed by atoms with Gasteiger partial charge in [-0.2, -0.15) is 5.10 Å². The molecule has 1 amide bonds. The summed E-state index contributed by atoms with van der Waals surface area (Å²) < 4.78 is 1.53. The highest BCUT2D eigenvalue weighted by Gasteiger charge is 2.14. The number of nitrogens with zero attached hydrogens (tertiary/aromatic N) is 2. The molecular formula is C12H14N4O. The van der Waals surface area contributed by atoms with Crippen LogP contribution in [0, 0.1) is 13.8 Å². The molecule has 0 saturated carbocycles. The zero-order chi connectivity index (χ0) is 12.6. The first-order chi connectivity index (χ1) is 8.02. The van der Waals surface area contributed by atoms with Gasteiger partial charge in [0.05, 0.1) is 11.9 Å². The molecule has 0 bridgehead atoms. The lowest BCUT2D eigenvalue weighted by molar-refractivity contribution is 0.100. The molecule has 0 unspecified atom stereocenters. The van der Waals surface area contributed by atoms with Gasteiger partial charge >= 0.3 is 0 Å². The minimum absolute atomic E-state index is 0.242. The van der Waals surface area contributed by atoms with E-state index < -0.39 is 5.91 Å². The van der Waals surface area contributed by atoms with Crippen LogP contribution in [0.15, 0.2) is 24.4 Å². The van der Waals surface area contributed by atoms with E-state index in [4.69, 9.17) is 11.5 Å². The van der Waals surface area contributed by atoms with Gasteiger partial charge in [-0.15, -0.1) is 0 Å². The summed E-state index contributed by atoms with van der Waals surface area (Å²) in [6.07, 6.45) is 1.39. The van der Waals surface area contributed by atoms with Crippen LogP contribution in [0.5, 0.6) is 0 Å². The Labute approximate surface area is 99.0 Å². The molecule has 17 heavy (non-hydrogen) atoms. The average molecular weight is 230 g/mol. The molecule has 88 valence electrons. The predicted molar refractivity (Wildman–Crippen MR) is 66.0 cm³/mol. The third kappa shape index (κ3) is 1.75. The number of anilines is 1. The summed E-state index contributed by atoms with van der Waals surface area (Å²) >= 11 is 0. The molecule has 0 saturated heterocycles. The first-order valence-corrected chi connectivity index (χ1v) is 5.22. The number of carbonyl (C=O) groups excluding carboxylic acids is 1. The summed E-state index contributed by atoms with van der Waals surface area (Å²) in [7, 11) is 0. The van der Waals surface area contributed by atoms with Crippen LogP contribution in [0.1, 0.15) is 21.5 Å². The van der Waals surface area contributed by atoms with E-state index in [2.05, 4.69) is 5.10 Å². The standard InChI is InChI=1S/C12H14N4O/c1-7-4-3-5-10(8(7)2)16-11(13)9(6-15-16)12(14)17/h3-6H,13H2,1-2H3,(H2,14,17). The SMILES string of the molecule is Cc1cccc(-n2ncc(C(N)=O)c2N)c1C. The zero-order valence-corrected chi connectivity index (χ0v) is 9.77. The van der Waals surface area contributed by atoms with Gasteiger partial charge in [-0.1, -0.05) is 12.1 Å². The second-order valence-corrected chi connectivity index (χ2v) is 3.94. The van der Waals surface area contributed by atoms with E-state index >= 15 is 0 Å². The first kappa shape index (κ1) is 11.2. The van der Waals surface area contributed by atoms with Gasteiger partial charge in [0.1, 0.15) is 11.4 Å². The second-order valence-electron chi connectivity index (χ2n) is 3.94. The van der Waals surface area contributed by atoms with Crippen molar-refractivity contribution >= 4 is 11.7 Å². The molecule has 0 spiro atoms. The van der Waals surface area contributed by atoms with Crippen molar-refractivity contribution in [3.8, 4) is 5.69 Å². The van der Waals surface area contributed by atoms with Crippen molar-refractivity contribution in [3.05, 3.63) is 41.1 Å². The number of hydrogen-bond donors (Lipinski definition) is 2. The van der Waals surface area contributed by atoms with Gasteiger partial charge in [0.2, 0.25) is 0 Å². The van der Waals surface area contributed by atoms with Crippen LogP contribution >= 0.6 is 0 Å². The van der Waals surface area contributed by atoms with E-state index in [1.165, 1.54) is 10.9 Å². The number of rotatable bonds is 2. The Bertz CT molecular complexity index is 586. The molecule has 1 aromatic carbocycles. The van der Waals surface area contributed by atoms with Crippen molar-refractivity contribution in [2.24, 2.45) is 5.73 Å². The Morgan fingerprint density at radius 3 is 2.65 bits per heavy atom. The van der Waals surface area contributed by atoms with Crippen molar-refractivity contribution in [2.75, 3.05) is 5.73 Å². The van der Waals surface area contributed by atoms with Crippen molar-refractivity contribution in [1.82, 2.24) is 9.78 Å². The number of nitrogen functional groups attached to an aromatic ring is 1. The summed E-state index contributed by atoms with van der Waals surface area (Å²) in [5, 5.41) is 4.10. The van der Waals surface area contributed by atoms with Crippen LogP contribution in [0.25, 0.3) is 5.69 Å². The van der Waals surface area contributed by atoms with Crippen LogP contribution < -0.4 is 11.5 Å². The molecule has 0 aliphatic carbocycles.